The Kier molecular flexibility index (Phi) is 7.63. The molecule has 2 saturated heterocycles. The van der Waals surface area contributed by atoms with Crippen molar-refractivity contribution in [2.24, 2.45) is 5.73 Å². The van der Waals surface area contributed by atoms with Crippen LogP contribution in [0, 0.1) is 6.92 Å². The number of piperidine rings is 1. The van der Waals surface area contributed by atoms with Crippen molar-refractivity contribution in [3.63, 3.8) is 0 Å². The van der Waals surface area contributed by atoms with Gasteiger partial charge < -0.3 is 16.0 Å². The molecule has 0 bridgehead atoms. The minimum absolute atomic E-state index is 0.0139. The number of hydrogen-bond acceptors (Lipinski definition) is 5. The summed E-state index contributed by atoms with van der Waals surface area (Å²) in [6.07, 6.45) is 3.50. The summed E-state index contributed by atoms with van der Waals surface area (Å²) in [5, 5.41) is 3.13. The lowest BCUT2D eigenvalue weighted by Gasteiger charge is -2.38. The Morgan fingerprint density at radius 3 is 2.41 bits per heavy atom. The number of anilines is 1. The number of likely N-dealkylation sites (tertiary alicyclic amines) is 1. The van der Waals surface area contributed by atoms with Crippen LogP contribution in [0.3, 0.4) is 0 Å². The molecule has 2 amide bonds. The molecular weight excluding hydrogens is 428 g/mol. The predicted molar refractivity (Wildman–Crippen MR) is 133 cm³/mol. The second kappa shape index (κ2) is 10.8. The van der Waals surface area contributed by atoms with Crippen molar-refractivity contribution in [1.82, 2.24) is 10.2 Å². The number of benzene rings is 2. The Morgan fingerprint density at radius 1 is 0.941 bits per heavy atom. The molecule has 0 aliphatic carbocycles. The minimum atomic E-state index is -0.401. The van der Waals surface area contributed by atoms with Gasteiger partial charge in [-0.05, 0) is 50.5 Å². The molecule has 2 aromatic rings. The Morgan fingerprint density at radius 2 is 1.68 bits per heavy atom. The fourth-order valence-electron chi connectivity index (χ4n) is 5.07. The fraction of sp³-hybridized carbons (Fsp3) is 0.444. The van der Waals surface area contributed by atoms with Gasteiger partial charge in [-0.1, -0.05) is 29.8 Å². The number of nitrogens with zero attached hydrogens (tertiary/aromatic N) is 2. The average molecular weight is 463 g/mol. The topological polar surface area (TPSA) is 95.7 Å². The van der Waals surface area contributed by atoms with Crippen molar-refractivity contribution in [2.45, 2.75) is 51.1 Å². The standard InChI is InChI=1S/C27H34N4O3/c1-19-4-2-5-20(16-19)25(32)8-9-26(33)29-22-10-13-31(18-22)23-11-14-30(15-12-23)24-7-3-6-21(17-24)27(28)34/h2-7,16-17,22-23H,8-15,18H2,1H3,(H2,28,34)(H,29,33)/t22-/m1/s1. The molecule has 2 aliphatic rings. The molecule has 0 unspecified atom stereocenters. The number of hydrogen-bond donors (Lipinski definition) is 2. The molecule has 3 N–H and O–H groups in total. The molecule has 2 aliphatic heterocycles. The summed E-state index contributed by atoms with van der Waals surface area (Å²) in [6.45, 7) is 5.66. The lowest BCUT2D eigenvalue weighted by Crippen LogP contribution is -2.45. The van der Waals surface area contributed by atoms with E-state index in [0.717, 1.165) is 56.7 Å². The number of primary amides is 1. The third kappa shape index (κ3) is 6.03. The highest BCUT2D eigenvalue weighted by Gasteiger charge is 2.31. The first kappa shape index (κ1) is 24.0. The van der Waals surface area contributed by atoms with Crippen molar-refractivity contribution in [1.29, 1.82) is 0 Å². The highest BCUT2D eigenvalue weighted by molar-refractivity contribution is 5.98. The zero-order valence-corrected chi connectivity index (χ0v) is 19.8. The lowest BCUT2D eigenvalue weighted by molar-refractivity contribution is -0.121. The molecule has 0 saturated carbocycles. The van der Waals surface area contributed by atoms with Crippen molar-refractivity contribution in [3.8, 4) is 0 Å². The number of carbonyl (C=O) groups is 3. The van der Waals surface area contributed by atoms with E-state index in [9.17, 15) is 14.4 Å². The van der Waals surface area contributed by atoms with Crippen LogP contribution in [0.1, 0.15) is 58.4 Å². The average Bonchev–Trinajstić information content (AvgIpc) is 3.31. The van der Waals surface area contributed by atoms with Gasteiger partial charge in [-0.2, -0.15) is 0 Å². The number of amides is 2. The van der Waals surface area contributed by atoms with Crippen LogP contribution in [0.4, 0.5) is 5.69 Å². The van der Waals surface area contributed by atoms with E-state index < -0.39 is 5.91 Å². The molecule has 34 heavy (non-hydrogen) atoms. The quantitative estimate of drug-likeness (QED) is 0.588. The second-order valence-electron chi connectivity index (χ2n) is 9.47. The van der Waals surface area contributed by atoms with Gasteiger partial charge in [-0.25, -0.2) is 0 Å². The monoisotopic (exact) mass is 462 g/mol. The number of Topliss-reactive ketones (excluding diaryl/α,β-unsaturated/α-hetero) is 1. The number of ketones is 1. The number of rotatable bonds is 8. The molecule has 2 fully saturated rings. The second-order valence-corrected chi connectivity index (χ2v) is 9.47. The molecule has 180 valence electrons. The molecular formula is C27H34N4O3. The van der Waals surface area contributed by atoms with Crippen LogP contribution in [0.2, 0.25) is 0 Å². The molecule has 7 nitrogen and oxygen atoms in total. The van der Waals surface area contributed by atoms with E-state index in [1.807, 2.05) is 49.4 Å². The van der Waals surface area contributed by atoms with Crippen molar-refractivity contribution in [3.05, 3.63) is 65.2 Å². The third-order valence-electron chi connectivity index (χ3n) is 6.98. The van der Waals surface area contributed by atoms with E-state index in [-0.39, 0.29) is 30.6 Å². The van der Waals surface area contributed by atoms with Crippen LogP contribution in [-0.4, -0.2) is 60.8 Å². The van der Waals surface area contributed by atoms with Gasteiger partial charge in [0.05, 0.1) is 0 Å². The van der Waals surface area contributed by atoms with Crippen molar-refractivity contribution >= 4 is 23.3 Å². The van der Waals surface area contributed by atoms with E-state index >= 15 is 0 Å². The minimum Gasteiger partial charge on any atom is -0.371 e. The molecule has 2 heterocycles. The van der Waals surface area contributed by atoms with Crippen LogP contribution in [0.25, 0.3) is 0 Å². The predicted octanol–water partition coefficient (Wildman–Crippen LogP) is 2.92. The summed E-state index contributed by atoms with van der Waals surface area (Å²) < 4.78 is 0. The van der Waals surface area contributed by atoms with Gasteiger partial charge in [-0.15, -0.1) is 0 Å². The number of aryl methyl sites for hydroxylation is 1. The van der Waals surface area contributed by atoms with E-state index in [1.165, 1.54) is 0 Å². The summed E-state index contributed by atoms with van der Waals surface area (Å²) in [5.74, 6) is -0.432. The normalized spacial score (nSPS) is 19.2. The van der Waals surface area contributed by atoms with Crippen LogP contribution in [-0.2, 0) is 4.79 Å². The summed E-state index contributed by atoms with van der Waals surface area (Å²) in [6, 6.07) is 15.7. The smallest absolute Gasteiger partial charge is 0.248 e. The molecule has 4 rings (SSSR count). The Balaban J connectivity index is 1.20. The SMILES string of the molecule is Cc1cccc(C(=O)CCC(=O)N[C@@H]2CCN(C3CCN(c4cccc(C(N)=O)c4)CC3)C2)c1. The molecule has 0 radical (unpaired) electrons. The van der Waals surface area contributed by atoms with E-state index in [2.05, 4.69) is 15.1 Å². The first-order valence-electron chi connectivity index (χ1n) is 12.2. The molecule has 0 spiro atoms. The molecule has 1 atom stereocenters. The van der Waals surface area contributed by atoms with Gasteiger partial charge in [0.25, 0.3) is 0 Å². The largest absolute Gasteiger partial charge is 0.371 e. The van der Waals surface area contributed by atoms with Gasteiger partial charge in [0.2, 0.25) is 11.8 Å². The number of nitrogens with one attached hydrogen (secondary N) is 1. The maximum absolute atomic E-state index is 12.4. The maximum atomic E-state index is 12.4. The zero-order chi connectivity index (χ0) is 24.1. The van der Waals surface area contributed by atoms with Crippen LogP contribution >= 0.6 is 0 Å². The van der Waals surface area contributed by atoms with E-state index in [4.69, 9.17) is 5.73 Å². The van der Waals surface area contributed by atoms with Crippen LogP contribution in [0.15, 0.2) is 48.5 Å². The Labute approximate surface area is 201 Å². The van der Waals surface area contributed by atoms with Crippen LogP contribution < -0.4 is 16.0 Å². The Hall–Kier alpha value is -3.19. The summed E-state index contributed by atoms with van der Waals surface area (Å²) in [4.78, 5) is 41.1. The van der Waals surface area contributed by atoms with Crippen molar-refractivity contribution in [2.75, 3.05) is 31.1 Å². The summed E-state index contributed by atoms with van der Waals surface area (Å²) in [7, 11) is 0. The lowest BCUT2D eigenvalue weighted by atomic mass is 10.0. The van der Waals surface area contributed by atoms with Gasteiger partial charge in [0, 0.05) is 67.9 Å². The highest BCUT2D eigenvalue weighted by Crippen LogP contribution is 2.25. The summed E-state index contributed by atoms with van der Waals surface area (Å²) in [5.41, 5.74) is 8.72. The van der Waals surface area contributed by atoms with E-state index in [0.29, 0.717) is 17.2 Å². The third-order valence-corrected chi connectivity index (χ3v) is 6.98. The fourth-order valence-corrected chi connectivity index (χ4v) is 5.07. The highest BCUT2D eigenvalue weighted by atomic mass is 16.2. The Bertz CT molecular complexity index is 1050. The van der Waals surface area contributed by atoms with Gasteiger partial charge >= 0.3 is 0 Å². The van der Waals surface area contributed by atoms with Gasteiger partial charge in [0.1, 0.15) is 0 Å². The number of carbonyl (C=O) groups excluding carboxylic acids is 3. The first-order chi connectivity index (χ1) is 16.4. The van der Waals surface area contributed by atoms with Crippen LogP contribution in [0.5, 0.6) is 0 Å². The maximum Gasteiger partial charge on any atom is 0.248 e. The number of nitrogens with two attached hydrogens (primary N) is 1. The van der Waals surface area contributed by atoms with Crippen molar-refractivity contribution < 1.29 is 14.4 Å². The first-order valence-corrected chi connectivity index (χ1v) is 12.2. The molecule has 2 aromatic carbocycles. The van der Waals surface area contributed by atoms with Gasteiger partial charge in [-0.3, -0.25) is 19.3 Å². The molecule has 0 aromatic heterocycles. The van der Waals surface area contributed by atoms with Gasteiger partial charge in [0.15, 0.2) is 5.78 Å². The summed E-state index contributed by atoms with van der Waals surface area (Å²) >= 11 is 0. The molecule has 7 heteroatoms. The van der Waals surface area contributed by atoms with E-state index in [1.54, 1.807) is 6.07 Å². The zero-order valence-electron chi connectivity index (χ0n) is 19.8.